The van der Waals surface area contributed by atoms with Crippen LogP contribution in [0.1, 0.15) is 77.1 Å². The third kappa shape index (κ3) is 8.54. The van der Waals surface area contributed by atoms with E-state index >= 15 is 0 Å². The average molecular weight is 851 g/mol. The highest BCUT2D eigenvalue weighted by molar-refractivity contribution is 5.87. The van der Waals surface area contributed by atoms with Gasteiger partial charge in [0.1, 0.15) is 23.7 Å². The zero-order valence-electron chi connectivity index (χ0n) is 36.3. The molecule has 2 aromatic heterocycles. The van der Waals surface area contributed by atoms with Crippen LogP contribution in [0.2, 0.25) is 0 Å². The first kappa shape index (κ1) is 42.9. The number of aromatic nitrogens is 4. The van der Waals surface area contributed by atoms with Gasteiger partial charge in [-0.15, -0.1) is 0 Å². The lowest BCUT2D eigenvalue weighted by Crippen LogP contribution is -2.53. The van der Waals surface area contributed by atoms with E-state index in [0.717, 1.165) is 53.1 Å². The number of carbonyl (C=O) groups excluding carboxylic acids is 4. The number of likely N-dealkylation sites (tertiary alicyclic amines) is 2. The number of hydrogen-bond acceptors (Lipinski definition) is 10. The van der Waals surface area contributed by atoms with E-state index in [4.69, 9.17) is 28.9 Å². The van der Waals surface area contributed by atoms with E-state index in [1.54, 1.807) is 0 Å². The third-order valence-corrected chi connectivity index (χ3v) is 13.2. The summed E-state index contributed by atoms with van der Waals surface area (Å²) < 4.78 is 21.4. The predicted octanol–water partition coefficient (Wildman–Crippen LogP) is 6.25. The van der Waals surface area contributed by atoms with E-state index in [0.29, 0.717) is 50.9 Å². The van der Waals surface area contributed by atoms with Crippen LogP contribution in [0.25, 0.3) is 33.6 Å². The van der Waals surface area contributed by atoms with Gasteiger partial charge in [-0.1, -0.05) is 76.2 Å². The van der Waals surface area contributed by atoms with Crippen LogP contribution in [-0.4, -0.2) is 119 Å². The van der Waals surface area contributed by atoms with Crippen molar-refractivity contribution in [1.29, 1.82) is 0 Å². The predicted molar refractivity (Wildman–Crippen MR) is 229 cm³/mol. The van der Waals surface area contributed by atoms with Gasteiger partial charge in [-0.05, 0) is 59.8 Å². The molecule has 4 aliphatic rings. The maximum atomic E-state index is 14.1. The largest absolute Gasteiger partial charge is 0.453 e. The van der Waals surface area contributed by atoms with Crippen LogP contribution >= 0.6 is 0 Å². The highest BCUT2D eigenvalue weighted by atomic mass is 16.5. The molecule has 0 radical (unpaired) electrons. The fourth-order valence-corrected chi connectivity index (χ4v) is 9.77. The van der Waals surface area contributed by atoms with Gasteiger partial charge in [0.25, 0.3) is 0 Å². The number of imidazole rings is 2. The van der Waals surface area contributed by atoms with Crippen molar-refractivity contribution < 1.29 is 38.1 Å². The fraction of sp³-hybridized carbons (Fsp3) is 0.522. The Morgan fingerprint density at radius 1 is 0.742 bits per heavy atom. The molecule has 4 saturated heterocycles. The Morgan fingerprint density at radius 2 is 1.27 bits per heavy atom. The highest BCUT2D eigenvalue weighted by Gasteiger charge is 2.51. The monoisotopic (exact) mass is 850 g/mol. The SMILES string of the molecule is COC(=O)N[C@H](C(=O)N1C[C@]2(CCCOC2)C[C@H]1c1ncc(-c2ccc(-c3ccc(-c4cnc([C@@H]5C[C@@H]6COC[C@@H]6N5C(=O)[C@@H](NC(=O)OC)C(C)C)[nH]4)cc3)cc2)[nH]1)C(C)C. The van der Waals surface area contributed by atoms with Gasteiger partial charge in [-0.2, -0.15) is 0 Å². The number of hydrogen-bond donors (Lipinski definition) is 4. The van der Waals surface area contributed by atoms with Crippen LogP contribution in [0.5, 0.6) is 0 Å². The van der Waals surface area contributed by atoms with Gasteiger partial charge in [0.2, 0.25) is 11.8 Å². The van der Waals surface area contributed by atoms with E-state index in [2.05, 4.69) is 69.1 Å². The van der Waals surface area contributed by atoms with Gasteiger partial charge < -0.3 is 49.3 Å². The molecule has 2 aromatic carbocycles. The van der Waals surface area contributed by atoms with Crippen molar-refractivity contribution in [1.82, 2.24) is 40.4 Å². The van der Waals surface area contributed by atoms with Crippen molar-refractivity contribution in [2.45, 2.75) is 83.6 Å². The van der Waals surface area contributed by atoms with E-state index in [9.17, 15) is 19.2 Å². The molecule has 330 valence electrons. The summed E-state index contributed by atoms with van der Waals surface area (Å²) in [5.41, 5.74) is 5.52. The van der Waals surface area contributed by atoms with Crippen molar-refractivity contribution in [3.8, 4) is 33.6 Å². The van der Waals surface area contributed by atoms with Crippen molar-refractivity contribution in [3.05, 3.63) is 72.6 Å². The number of amides is 4. The van der Waals surface area contributed by atoms with Crippen LogP contribution in [0.3, 0.4) is 0 Å². The maximum absolute atomic E-state index is 14.1. The molecular formula is C46H58N8O8. The highest BCUT2D eigenvalue weighted by Crippen LogP contribution is 2.48. The molecule has 4 fully saturated rings. The quantitative estimate of drug-likeness (QED) is 0.134. The van der Waals surface area contributed by atoms with Gasteiger partial charge in [0, 0.05) is 24.5 Å². The van der Waals surface area contributed by atoms with Crippen LogP contribution in [0.15, 0.2) is 60.9 Å². The Hall–Kier alpha value is -5.74. The maximum Gasteiger partial charge on any atom is 0.407 e. The smallest absolute Gasteiger partial charge is 0.407 e. The standard InChI is InChI=1S/C46H58N8O8/c1-26(2)38(51-44(57)59-5)42(55)53-24-46(16-7-17-61-25-46)19-36(53)41-48-21-34(50-41)31-14-10-29(11-15-31)28-8-12-30(13-9-28)33-20-47-40(49-33)35-18-32-22-62-23-37(32)54(35)43(56)39(27(3)4)52-45(58)60-6/h8-15,20-21,26-27,32,35-39H,7,16-19,22-25H2,1-6H3,(H,47,49)(H,48,50)(H,51,57)(H,52,58)/t32-,35+,36+,37+,38+,39+,46+/m1/s1. The Morgan fingerprint density at radius 3 is 1.79 bits per heavy atom. The van der Waals surface area contributed by atoms with E-state index in [-0.39, 0.29) is 53.1 Å². The van der Waals surface area contributed by atoms with Crippen molar-refractivity contribution >= 4 is 24.0 Å². The summed E-state index contributed by atoms with van der Waals surface area (Å²) in [5.74, 6) is 0.970. The summed E-state index contributed by atoms with van der Waals surface area (Å²) in [6.07, 6.45) is 5.67. The fourth-order valence-electron chi connectivity index (χ4n) is 9.77. The summed E-state index contributed by atoms with van der Waals surface area (Å²) in [5, 5.41) is 5.49. The van der Waals surface area contributed by atoms with Gasteiger partial charge in [-0.25, -0.2) is 19.6 Å². The molecule has 0 bridgehead atoms. The number of rotatable bonds is 11. The molecule has 0 aliphatic carbocycles. The Balaban J connectivity index is 0.964. The van der Waals surface area contributed by atoms with Crippen LogP contribution in [-0.2, 0) is 28.5 Å². The Labute approximate surface area is 361 Å². The molecule has 4 N–H and O–H groups in total. The lowest BCUT2D eigenvalue weighted by molar-refractivity contribution is -0.138. The van der Waals surface area contributed by atoms with E-state index in [1.807, 2.05) is 49.9 Å². The second-order valence-corrected chi connectivity index (χ2v) is 17.9. The van der Waals surface area contributed by atoms with Crippen LogP contribution < -0.4 is 10.6 Å². The molecule has 16 heteroatoms. The summed E-state index contributed by atoms with van der Waals surface area (Å²) in [4.78, 5) is 72.9. The van der Waals surface area contributed by atoms with Gasteiger partial charge in [-0.3, -0.25) is 9.59 Å². The minimum atomic E-state index is -0.746. The number of ether oxygens (including phenoxy) is 4. The molecule has 0 unspecified atom stereocenters. The first-order valence-electron chi connectivity index (χ1n) is 21.7. The molecule has 1 spiro atoms. The number of alkyl carbamates (subject to hydrolysis) is 2. The van der Waals surface area contributed by atoms with Crippen molar-refractivity contribution in [2.24, 2.45) is 23.2 Å². The third-order valence-electron chi connectivity index (χ3n) is 13.2. The van der Waals surface area contributed by atoms with Gasteiger partial charge >= 0.3 is 12.2 Å². The molecule has 6 heterocycles. The molecule has 7 atom stereocenters. The minimum absolute atomic E-state index is 0.0961. The summed E-state index contributed by atoms with van der Waals surface area (Å²) >= 11 is 0. The van der Waals surface area contributed by atoms with E-state index in [1.165, 1.54) is 14.2 Å². The van der Waals surface area contributed by atoms with Crippen molar-refractivity contribution in [2.75, 3.05) is 47.2 Å². The van der Waals surface area contributed by atoms with Crippen molar-refractivity contribution in [3.63, 3.8) is 0 Å². The Bertz CT molecular complexity index is 2230. The molecule has 0 saturated carbocycles. The van der Waals surface area contributed by atoms with Crippen LogP contribution in [0, 0.1) is 23.2 Å². The normalized spacial score (nSPS) is 24.3. The number of H-pyrrole nitrogens is 2. The van der Waals surface area contributed by atoms with Gasteiger partial charge in [0.15, 0.2) is 0 Å². The van der Waals surface area contributed by atoms with Gasteiger partial charge in [0.05, 0.1) is 75.9 Å². The number of benzene rings is 2. The zero-order valence-corrected chi connectivity index (χ0v) is 36.3. The summed E-state index contributed by atoms with van der Waals surface area (Å²) in [6.45, 7) is 10.5. The second kappa shape index (κ2) is 17.9. The second-order valence-electron chi connectivity index (χ2n) is 17.9. The number of fused-ring (bicyclic) bond motifs is 1. The zero-order chi connectivity index (χ0) is 43.7. The molecule has 8 rings (SSSR count). The minimum Gasteiger partial charge on any atom is -0.453 e. The number of nitrogens with one attached hydrogen (secondary N) is 4. The average Bonchev–Trinajstić information content (AvgIpc) is 4.13. The summed E-state index contributed by atoms with van der Waals surface area (Å²) in [7, 11) is 2.59. The number of nitrogens with zero attached hydrogens (tertiary/aromatic N) is 4. The molecule has 4 aliphatic heterocycles. The Kier molecular flexibility index (Phi) is 12.4. The number of methoxy groups -OCH3 is 2. The number of aromatic amines is 2. The number of carbonyl (C=O) groups is 4. The first-order chi connectivity index (χ1) is 29.9. The lowest BCUT2D eigenvalue weighted by Gasteiger charge is -2.33. The molecule has 62 heavy (non-hydrogen) atoms. The molecule has 16 nitrogen and oxygen atoms in total. The lowest BCUT2D eigenvalue weighted by atomic mass is 9.80. The topological polar surface area (TPSA) is 193 Å². The van der Waals surface area contributed by atoms with E-state index < -0.39 is 24.3 Å². The first-order valence-corrected chi connectivity index (χ1v) is 21.7. The summed E-state index contributed by atoms with van der Waals surface area (Å²) in [6, 6.07) is 14.4. The molecule has 4 amide bonds. The molecular weight excluding hydrogens is 793 g/mol. The molecule has 4 aromatic rings. The van der Waals surface area contributed by atoms with Crippen LogP contribution in [0.4, 0.5) is 9.59 Å².